The Hall–Kier alpha value is -1.07. The van der Waals surface area contributed by atoms with Crippen molar-refractivity contribution in [2.45, 2.75) is 26.8 Å². The summed E-state index contributed by atoms with van der Waals surface area (Å²) in [6.45, 7) is 7.36. The van der Waals surface area contributed by atoms with E-state index in [2.05, 4.69) is 36.1 Å². The van der Waals surface area contributed by atoms with E-state index in [1.807, 2.05) is 14.1 Å². The molecule has 108 valence electrons. The molecule has 19 heavy (non-hydrogen) atoms. The molecule has 0 saturated heterocycles. The molecule has 1 N–H and O–H groups in total. The van der Waals surface area contributed by atoms with Gasteiger partial charge in [0.05, 0.1) is 11.9 Å². The van der Waals surface area contributed by atoms with Gasteiger partial charge in [0.15, 0.2) is 0 Å². The third-order valence-corrected chi connectivity index (χ3v) is 3.71. The Kier molecular flexibility index (Phi) is 4.98. The lowest BCUT2D eigenvalue weighted by molar-refractivity contribution is 0.217. The van der Waals surface area contributed by atoms with Crippen LogP contribution in [0.5, 0.6) is 0 Å². The summed E-state index contributed by atoms with van der Waals surface area (Å²) in [5, 5.41) is 7.46. The molecule has 0 aromatic carbocycles. The summed E-state index contributed by atoms with van der Waals surface area (Å²) in [7, 11) is 5.67. The highest BCUT2D eigenvalue weighted by molar-refractivity contribution is 6.32. The first-order valence-electron chi connectivity index (χ1n) is 6.28. The number of halogens is 1. The largest absolute Gasteiger partial charge is 0.379 e. The second-order valence-corrected chi connectivity index (χ2v) is 6.27. The van der Waals surface area contributed by atoms with Crippen LogP contribution in [-0.2, 0) is 7.05 Å². The number of anilines is 1. The Bertz CT molecular complexity index is 496. The van der Waals surface area contributed by atoms with Crippen LogP contribution in [0.1, 0.15) is 20.8 Å². The first-order valence-corrected chi connectivity index (χ1v) is 6.66. The van der Waals surface area contributed by atoms with Gasteiger partial charge < -0.3 is 10.2 Å². The minimum Gasteiger partial charge on any atom is -0.379 e. The van der Waals surface area contributed by atoms with Gasteiger partial charge in [0.2, 0.25) is 0 Å². The molecular formula is C13H23ClN4O. The van der Waals surface area contributed by atoms with Gasteiger partial charge in [-0.3, -0.25) is 4.79 Å². The maximum atomic E-state index is 11.7. The highest BCUT2D eigenvalue weighted by Crippen LogP contribution is 2.26. The van der Waals surface area contributed by atoms with Crippen molar-refractivity contribution < 1.29 is 0 Å². The lowest BCUT2D eigenvalue weighted by Gasteiger charge is -2.35. The van der Waals surface area contributed by atoms with Gasteiger partial charge in [-0.25, -0.2) is 4.68 Å². The van der Waals surface area contributed by atoms with Crippen molar-refractivity contribution >= 4 is 17.3 Å². The van der Waals surface area contributed by atoms with E-state index in [9.17, 15) is 4.79 Å². The molecule has 1 atom stereocenters. The number of nitrogens with zero attached hydrogens (tertiary/aromatic N) is 3. The zero-order valence-corrected chi connectivity index (χ0v) is 13.2. The molecule has 1 unspecified atom stereocenters. The fourth-order valence-electron chi connectivity index (χ4n) is 1.99. The second-order valence-electron chi connectivity index (χ2n) is 5.89. The summed E-state index contributed by atoms with van der Waals surface area (Å²) in [5.74, 6) is 0. The predicted octanol–water partition coefficient (Wildman–Crippen LogP) is 1.82. The van der Waals surface area contributed by atoms with Crippen molar-refractivity contribution in [3.05, 3.63) is 21.6 Å². The number of hydrogen-bond acceptors (Lipinski definition) is 4. The van der Waals surface area contributed by atoms with Crippen molar-refractivity contribution in [1.29, 1.82) is 0 Å². The molecule has 1 aromatic rings. The van der Waals surface area contributed by atoms with E-state index in [4.69, 9.17) is 11.6 Å². The number of aromatic nitrogens is 2. The minimum absolute atomic E-state index is 0.0356. The topological polar surface area (TPSA) is 50.2 Å². The second kappa shape index (κ2) is 5.92. The lowest BCUT2D eigenvalue weighted by atomic mass is 9.85. The number of aryl methyl sites for hydroxylation is 1. The van der Waals surface area contributed by atoms with E-state index in [-0.39, 0.29) is 22.0 Å². The predicted molar refractivity (Wildman–Crippen MR) is 79.9 cm³/mol. The van der Waals surface area contributed by atoms with Gasteiger partial charge in [-0.05, 0) is 26.4 Å². The fourth-order valence-corrected chi connectivity index (χ4v) is 2.22. The first kappa shape index (κ1) is 16.0. The Morgan fingerprint density at radius 2 is 2.11 bits per heavy atom. The molecule has 6 heteroatoms. The molecule has 1 rings (SSSR count). The molecular weight excluding hydrogens is 264 g/mol. The number of hydrogen-bond donors (Lipinski definition) is 1. The van der Waals surface area contributed by atoms with Crippen LogP contribution in [0, 0.1) is 5.41 Å². The average molecular weight is 287 g/mol. The SMILES string of the molecule is CC(Nc1cnn(C)c(=O)c1Cl)C(C)(C)CN(C)C. The van der Waals surface area contributed by atoms with Crippen molar-refractivity contribution in [3.8, 4) is 0 Å². The van der Waals surface area contributed by atoms with Crippen LogP contribution in [0.25, 0.3) is 0 Å². The van der Waals surface area contributed by atoms with Gasteiger partial charge in [-0.15, -0.1) is 0 Å². The molecule has 0 amide bonds. The Labute approximate surface area is 119 Å². The van der Waals surface area contributed by atoms with Gasteiger partial charge in [0.1, 0.15) is 5.02 Å². The van der Waals surface area contributed by atoms with Crippen LogP contribution in [0.3, 0.4) is 0 Å². The summed E-state index contributed by atoms with van der Waals surface area (Å²) in [4.78, 5) is 13.9. The average Bonchev–Trinajstić information content (AvgIpc) is 2.28. The Balaban J connectivity index is 2.91. The molecule has 1 aromatic heterocycles. The van der Waals surface area contributed by atoms with Crippen molar-refractivity contribution in [3.63, 3.8) is 0 Å². The van der Waals surface area contributed by atoms with E-state index >= 15 is 0 Å². The molecule has 1 heterocycles. The van der Waals surface area contributed by atoms with Crippen LogP contribution in [0.4, 0.5) is 5.69 Å². The summed E-state index contributed by atoms with van der Waals surface area (Å²) >= 11 is 6.05. The molecule has 0 spiro atoms. The van der Waals surface area contributed by atoms with Crippen LogP contribution >= 0.6 is 11.6 Å². The summed E-state index contributed by atoms with van der Waals surface area (Å²) in [6, 6.07) is 0.154. The standard InChI is InChI=1S/C13H23ClN4O/c1-9(13(2,3)8-17(4)5)16-10-7-15-18(6)12(19)11(10)14/h7,9,16H,8H2,1-6H3. The highest BCUT2D eigenvalue weighted by Gasteiger charge is 2.27. The first-order chi connectivity index (χ1) is 8.65. The van der Waals surface area contributed by atoms with Crippen LogP contribution in [0.15, 0.2) is 11.0 Å². The molecule has 0 fully saturated rings. The molecule has 0 saturated carbocycles. The number of rotatable bonds is 5. The van der Waals surface area contributed by atoms with Crippen LogP contribution in [-0.4, -0.2) is 41.4 Å². The van der Waals surface area contributed by atoms with Gasteiger partial charge in [0, 0.05) is 19.6 Å². The van der Waals surface area contributed by atoms with Crippen LogP contribution in [0.2, 0.25) is 5.02 Å². The van der Waals surface area contributed by atoms with Crippen molar-refractivity contribution in [2.75, 3.05) is 26.0 Å². The summed E-state index contributed by atoms with van der Waals surface area (Å²) in [6.07, 6.45) is 1.59. The Morgan fingerprint density at radius 1 is 1.53 bits per heavy atom. The smallest absolute Gasteiger partial charge is 0.287 e. The van der Waals surface area contributed by atoms with Gasteiger partial charge in [-0.2, -0.15) is 5.10 Å². The van der Waals surface area contributed by atoms with Crippen molar-refractivity contribution in [2.24, 2.45) is 12.5 Å². The molecule has 0 radical (unpaired) electrons. The summed E-state index contributed by atoms with van der Waals surface area (Å²) < 4.78 is 1.23. The maximum Gasteiger partial charge on any atom is 0.287 e. The maximum absolute atomic E-state index is 11.7. The molecule has 0 aliphatic carbocycles. The normalized spacial score (nSPS) is 13.7. The lowest BCUT2D eigenvalue weighted by Crippen LogP contribution is -2.41. The molecule has 0 bridgehead atoms. The zero-order chi connectivity index (χ0) is 14.8. The van der Waals surface area contributed by atoms with Gasteiger partial charge in [-0.1, -0.05) is 25.4 Å². The fraction of sp³-hybridized carbons (Fsp3) is 0.692. The zero-order valence-electron chi connectivity index (χ0n) is 12.5. The third kappa shape index (κ3) is 3.94. The summed E-state index contributed by atoms with van der Waals surface area (Å²) in [5.41, 5.74) is 0.335. The number of nitrogens with one attached hydrogen (secondary N) is 1. The quantitative estimate of drug-likeness (QED) is 0.897. The third-order valence-electron chi connectivity index (χ3n) is 3.35. The van der Waals surface area contributed by atoms with E-state index in [0.29, 0.717) is 5.69 Å². The van der Waals surface area contributed by atoms with E-state index in [0.717, 1.165) is 6.54 Å². The van der Waals surface area contributed by atoms with E-state index in [1.165, 1.54) is 4.68 Å². The molecule has 0 aliphatic heterocycles. The molecule has 0 aliphatic rings. The molecule has 5 nitrogen and oxygen atoms in total. The van der Waals surface area contributed by atoms with E-state index < -0.39 is 0 Å². The van der Waals surface area contributed by atoms with Gasteiger partial charge in [0.25, 0.3) is 5.56 Å². The van der Waals surface area contributed by atoms with Crippen LogP contribution < -0.4 is 10.9 Å². The highest BCUT2D eigenvalue weighted by atomic mass is 35.5. The van der Waals surface area contributed by atoms with Gasteiger partial charge >= 0.3 is 0 Å². The Morgan fingerprint density at radius 3 is 2.63 bits per heavy atom. The monoisotopic (exact) mass is 286 g/mol. The minimum atomic E-state index is -0.288. The van der Waals surface area contributed by atoms with E-state index in [1.54, 1.807) is 13.2 Å². The van der Waals surface area contributed by atoms with Crippen molar-refractivity contribution in [1.82, 2.24) is 14.7 Å².